The van der Waals surface area contributed by atoms with Gasteiger partial charge >= 0.3 is 7.82 Å². The topological polar surface area (TPSA) is 184 Å². The summed E-state index contributed by atoms with van der Waals surface area (Å²) in [5, 5.41) is 28.8. The Balaban J connectivity index is 4.94. The van der Waals surface area contributed by atoms with Gasteiger partial charge in [-0.25, -0.2) is 4.57 Å². The van der Waals surface area contributed by atoms with Crippen molar-refractivity contribution < 1.29 is 33.5 Å². The summed E-state index contributed by atoms with van der Waals surface area (Å²) in [5.41, 5.74) is 16.5. The van der Waals surface area contributed by atoms with Gasteiger partial charge in [-0.2, -0.15) is 0 Å². The molecule has 3 atom stereocenters. The summed E-state index contributed by atoms with van der Waals surface area (Å²) in [6.07, 6.45) is 7.06. The number of hydrogen-bond acceptors (Lipinski definition) is 10. The molecule has 0 radical (unpaired) electrons. The lowest BCUT2D eigenvalue weighted by Crippen LogP contribution is -2.20. The fourth-order valence-corrected chi connectivity index (χ4v) is 4.52. The first-order chi connectivity index (χ1) is 15.5. The van der Waals surface area contributed by atoms with Crippen LogP contribution in [0.4, 0.5) is 0 Å². The Morgan fingerprint density at radius 1 is 0.562 bits per heavy atom. The van der Waals surface area contributed by atoms with Crippen LogP contribution in [0.15, 0.2) is 0 Å². The van der Waals surface area contributed by atoms with Crippen molar-refractivity contribution in [2.75, 3.05) is 59.3 Å². The molecule has 0 amide bonds. The summed E-state index contributed by atoms with van der Waals surface area (Å²) in [7, 11) is -3.95. The number of phosphoric acid groups is 1. The van der Waals surface area contributed by atoms with Crippen molar-refractivity contribution in [2.24, 2.45) is 35.0 Å². The van der Waals surface area contributed by atoms with Crippen molar-refractivity contribution in [1.82, 2.24) is 0 Å². The van der Waals surface area contributed by atoms with Gasteiger partial charge in [0, 0.05) is 37.6 Å². The highest BCUT2D eigenvalue weighted by Crippen LogP contribution is 2.51. The Morgan fingerprint density at radius 2 is 0.844 bits per heavy atom. The van der Waals surface area contributed by atoms with E-state index >= 15 is 0 Å². The van der Waals surface area contributed by atoms with Crippen LogP contribution in [0.2, 0.25) is 0 Å². The van der Waals surface area contributed by atoms with Gasteiger partial charge in [-0.15, -0.1) is 0 Å². The molecule has 0 aliphatic carbocycles. The van der Waals surface area contributed by atoms with Gasteiger partial charge in [-0.3, -0.25) is 13.6 Å². The smallest absolute Gasteiger partial charge is 0.396 e. The van der Waals surface area contributed by atoms with Gasteiger partial charge in [0.1, 0.15) is 0 Å². The lowest BCUT2D eigenvalue weighted by atomic mass is 10.0. The predicted octanol–water partition coefficient (Wildman–Crippen LogP) is 1.36. The van der Waals surface area contributed by atoms with Crippen LogP contribution in [0.1, 0.15) is 57.8 Å². The van der Waals surface area contributed by atoms with Crippen LogP contribution >= 0.6 is 7.82 Å². The minimum Gasteiger partial charge on any atom is -0.396 e. The number of aliphatic hydroxyl groups is 3. The van der Waals surface area contributed by atoms with E-state index in [-0.39, 0.29) is 57.4 Å². The van der Waals surface area contributed by atoms with Crippen LogP contribution in [-0.4, -0.2) is 74.6 Å². The molecule has 10 nitrogen and oxygen atoms in total. The summed E-state index contributed by atoms with van der Waals surface area (Å²) >= 11 is 0. The first-order valence-electron chi connectivity index (χ1n) is 11.9. The van der Waals surface area contributed by atoms with Crippen molar-refractivity contribution in [3.8, 4) is 0 Å². The highest BCUT2D eigenvalue weighted by Gasteiger charge is 2.30. The third-order valence-corrected chi connectivity index (χ3v) is 6.78. The van der Waals surface area contributed by atoms with E-state index in [1.165, 1.54) is 0 Å². The van der Waals surface area contributed by atoms with Gasteiger partial charge in [0.25, 0.3) is 0 Å². The molecule has 0 aromatic rings. The summed E-state index contributed by atoms with van der Waals surface area (Å²) in [6, 6.07) is 0. The van der Waals surface area contributed by atoms with Gasteiger partial charge in [0.15, 0.2) is 0 Å². The molecule has 0 saturated carbocycles. The van der Waals surface area contributed by atoms with Crippen molar-refractivity contribution in [1.29, 1.82) is 0 Å². The molecule has 0 rings (SSSR count). The maximum Gasteiger partial charge on any atom is 0.474 e. The number of unbranched alkanes of at least 4 members (excludes halogenated alkanes) is 3. The summed E-state index contributed by atoms with van der Waals surface area (Å²) in [6.45, 7) is 1.45. The van der Waals surface area contributed by atoms with Gasteiger partial charge < -0.3 is 32.5 Å². The predicted molar refractivity (Wildman–Crippen MR) is 126 cm³/mol. The molecule has 11 heteroatoms. The van der Waals surface area contributed by atoms with E-state index < -0.39 is 7.82 Å². The number of rotatable bonds is 24. The van der Waals surface area contributed by atoms with E-state index in [1.54, 1.807) is 0 Å². The fraction of sp³-hybridized carbons (Fsp3) is 1.00. The number of nitrogens with two attached hydrogens (primary N) is 3. The SMILES string of the molecule is NCCCCC(CO)COP(=O)(OCC(CO)CCCCN)OCC(CO)CCCCN. The molecule has 3 unspecified atom stereocenters. The molecular weight excluding hydrogens is 437 g/mol. The molecule has 194 valence electrons. The number of hydrogen-bond donors (Lipinski definition) is 6. The van der Waals surface area contributed by atoms with Crippen molar-refractivity contribution in [3.63, 3.8) is 0 Å². The zero-order chi connectivity index (χ0) is 24.1. The first-order valence-corrected chi connectivity index (χ1v) is 13.4. The summed E-state index contributed by atoms with van der Waals surface area (Å²) in [4.78, 5) is 0. The minimum atomic E-state index is -3.95. The molecule has 0 spiro atoms. The fourth-order valence-electron chi connectivity index (χ4n) is 3.12. The highest BCUT2D eigenvalue weighted by atomic mass is 31.2. The molecule has 0 aromatic carbocycles. The van der Waals surface area contributed by atoms with E-state index in [4.69, 9.17) is 30.8 Å². The Bertz CT molecular complexity index is 401. The molecular formula is C21H48N3O7P. The molecule has 0 aliphatic heterocycles. The van der Waals surface area contributed by atoms with Crippen LogP contribution in [0, 0.1) is 17.8 Å². The van der Waals surface area contributed by atoms with Crippen LogP contribution < -0.4 is 17.2 Å². The summed E-state index contributed by atoms with van der Waals surface area (Å²) < 4.78 is 30.0. The van der Waals surface area contributed by atoms with Gasteiger partial charge in [0.2, 0.25) is 0 Å². The van der Waals surface area contributed by atoms with E-state index in [9.17, 15) is 19.9 Å². The Kier molecular flexibility index (Phi) is 21.3. The molecule has 0 aromatic heterocycles. The van der Waals surface area contributed by atoms with E-state index in [0.717, 1.165) is 38.5 Å². The Labute approximate surface area is 193 Å². The Morgan fingerprint density at radius 3 is 1.06 bits per heavy atom. The average molecular weight is 486 g/mol. The van der Waals surface area contributed by atoms with Crippen LogP contribution in [0.25, 0.3) is 0 Å². The maximum absolute atomic E-state index is 13.3. The van der Waals surface area contributed by atoms with E-state index in [2.05, 4.69) is 0 Å². The molecule has 0 aliphatic rings. The van der Waals surface area contributed by atoms with Gasteiger partial charge in [-0.1, -0.05) is 19.3 Å². The maximum atomic E-state index is 13.3. The minimum absolute atomic E-state index is 0.0201. The van der Waals surface area contributed by atoms with E-state index in [0.29, 0.717) is 38.9 Å². The van der Waals surface area contributed by atoms with Crippen molar-refractivity contribution in [3.05, 3.63) is 0 Å². The van der Waals surface area contributed by atoms with Gasteiger partial charge in [0.05, 0.1) is 19.8 Å². The molecule has 32 heavy (non-hydrogen) atoms. The van der Waals surface area contributed by atoms with Crippen molar-refractivity contribution >= 4 is 7.82 Å². The number of phosphoric ester groups is 1. The quantitative estimate of drug-likeness (QED) is 0.0861. The Hall–Kier alpha value is -0.130. The number of aliphatic hydroxyl groups excluding tert-OH is 3. The molecule has 0 bridgehead atoms. The largest absolute Gasteiger partial charge is 0.474 e. The van der Waals surface area contributed by atoms with Crippen LogP contribution in [0.5, 0.6) is 0 Å². The summed E-state index contributed by atoms with van der Waals surface area (Å²) in [5.74, 6) is -0.629. The van der Waals surface area contributed by atoms with Crippen molar-refractivity contribution in [2.45, 2.75) is 57.8 Å². The third-order valence-electron chi connectivity index (χ3n) is 5.38. The zero-order valence-electron chi connectivity index (χ0n) is 19.6. The molecule has 0 fully saturated rings. The monoisotopic (exact) mass is 485 g/mol. The molecule has 0 saturated heterocycles. The molecule has 9 N–H and O–H groups in total. The van der Waals surface area contributed by atoms with Gasteiger partial charge in [-0.05, 0) is 58.2 Å². The zero-order valence-corrected chi connectivity index (χ0v) is 20.5. The molecule has 0 heterocycles. The lowest BCUT2D eigenvalue weighted by molar-refractivity contribution is 0.0512. The second kappa shape index (κ2) is 21.4. The van der Waals surface area contributed by atoms with Crippen LogP contribution in [0.3, 0.4) is 0 Å². The highest BCUT2D eigenvalue weighted by molar-refractivity contribution is 7.48. The normalized spacial score (nSPS) is 16.6. The second-order valence-electron chi connectivity index (χ2n) is 8.33. The third kappa shape index (κ3) is 16.5. The van der Waals surface area contributed by atoms with Crippen LogP contribution in [-0.2, 0) is 18.1 Å². The lowest BCUT2D eigenvalue weighted by Gasteiger charge is -2.24. The standard InChI is InChI=1S/C21H48N3O7P/c22-10-4-1-7-19(13-25)16-29-32(28,30-17-20(14-26)8-2-5-11-23)31-18-21(15-27)9-3-6-12-24/h19-21,25-27H,1-18,22-24H2. The van der Waals surface area contributed by atoms with E-state index in [1.807, 2.05) is 0 Å². The second-order valence-corrected chi connectivity index (χ2v) is 10.0. The first kappa shape index (κ1) is 31.9. The average Bonchev–Trinajstić information content (AvgIpc) is 2.81.